The number of piperidine rings is 1. The number of hydrogen-bond donors (Lipinski definition) is 2. The first kappa shape index (κ1) is 18.2. The van der Waals surface area contributed by atoms with Gasteiger partial charge < -0.3 is 10.6 Å². The summed E-state index contributed by atoms with van der Waals surface area (Å²) in [5, 5.41) is 6.31. The Hall–Kier alpha value is -1.60. The van der Waals surface area contributed by atoms with E-state index in [-0.39, 0.29) is 23.1 Å². The van der Waals surface area contributed by atoms with E-state index < -0.39 is 10.0 Å². The van der Waals surface area contributed by atoms with Gasteiger partial charge in [-0.05, 0) is 48.9 Å². The Morgan fingerprint density at radius 1 is 1.36 bits per heavy atom. The quantitative estimate of drug-likeness (QED) is 0.850. The maximum atomic E-state index is 12.6. The second-order valence-electron chi connectivity index (χ2n) is 7.61. The molecule has 0 bridgehead atoms. The van der Waals surface area contributed by atoms with Gasteiger partial charge in [-0.2, -0.15) is 0 Å². The molecule has 0 aliphatic carbocycles. The van der Waals surface area contributed by atoms with Gasteiger partial charge >= 0.3 is 0 Å². The first-order valence-electron chi connectivity index (χ1n) is 8.90. The molecule has 1 aromatic carbocycles. The molecule has 0 saturated carbocycles. The van der Waals surface area contributed by atoms with E-state index in [4.69, 9.17) is 0 Å². The molecule has 7 heteroatoms. The monoisotopic (exact) mass is 365 g/mol. The third-order valence-corrected chi connectivity index (χ3v) is 7.02. The van der Waals surface area contributed by atoms with Crippen molar-refractivity contribution in [1.29, 1.82) is 0 Å². The fraction of sp³-hybridized carbons (Fsp3) is 0.611. The van der Waals surface area contributed by atoms with Crippen molar-refractivity contribution in [2.45, 2.75) is 45.7 Å². The van der Waals surface area contributed by atoms with Crippen molar-refractivity contribution < 1.29 is 13.2 Å². The van der Waals surface area contributed by atoms with Crippen molar-refractivity contribution in [2.24, 2.45) is 5.41 Å². The third kappa shape index (κ3) is 3.98. The Labute approximate surface area is 150 Å². The molecule has 0 aromatic heterocycles. The minimum atomic E-state index is -3.18. The van der Waals surface area contributed by atoms with Crippen LogP contribution in [0, 0.1) is 5.41 Å². The topological polar surface area (TPSA) is 78.5 Å². The zero-order valence-electron chi connectivity index (χ0n) is 14.9. The molecule has 0 spiro atoms. The Balaban J connectivity index is 1.66. The molecule has 6 nitrogen and oxygen atoms in total. The molecule has 2 aliphatic heterocycles. The molecule has 2 heterocycles. The summed E-state index contributed by atoms with van der Waals surface area (Å²) < 4.78 is 25.6. The average molecular weight is 365 g/mol. The lowest BCUT2D eigenvalue weighted by Crippen LogP contribution is -2.55. The Bertz CT molecular complexity index is 746. The van der Waals surface area contributed by atoms with Gasteiger partial charge in [0.1, 0.15) is 0 Å². The molecule has 1 amide bonds. The first-order valence-corrected chi connectivity index (χ1v) is 10.5. The second-order valence-corrected chi connectivity index (χ2v) is 9.62. The van der Waals surface area contributed by atoms with Crippen molar-refractivity contribution in [2.75, 3.05) is 23.1 Å². The van der Waals surface area contributed by atoms with Crippen molar-refractivity contribution in [3.63, 3.8) is 0 Å². The lowest BCUT2D eigenvalue weighted by Gasteiger charge is -2.38. The first-order chi connectivity index (χ1) is 11.8. The van der Waals surface area contributed by atoms with Crippen molar-refractivity contribution in [1.82, 2.24) is 10.6 Å². The predicted molar refractivity (Wildman–Crippen MR) is 98.8 cm³/mol. The Morgan fingerprint density at radius 3 is 2.84 bits per heavy atom. The van der Waals surface area contributed by atoms with E-state index in [1.165, 1.54) is 4.31 Å². The zero-order chi connectivity index (χ0) is 18.1. The normalized spacial score (nSPS) is 24.9. The molecule has 0 radical (unpaired) electrons. The number of nitrogens with one attached hydrogen (secondary N) is 2. The maximum absolute atomic E-state index is 12.6. The standard InChI is InChI=1S/C18H27N3O3S/c1-18(2)8-4-9-19-16(18)17(22)20-13-14-6-3-7-15(12-14)21-10-5-11-25(21,23)24/h3,6-7,12,16,19H,4-5,8-11,13H2,1-2H3,(H,20,22). The van der Waals surface area contributed by atoms with Crippen molar-refractivity contribution in [3.8, 4) is 0 Å². The van der Waals surface area contributed by atoms with E-state index in [0.717, 1.165) is 24.9 Å². The van der Waals surface area contributed by atoms with Crippen LogP contribution in [0.3, 0.4) is 0 Å². The van der Waals surface area contributed by atoms with Crippen molar-refractivity contribution >= 4 is 21.6 Å². The average Bonchev–Trinajstić information content (AvgIpc) is 2.92. The summed E-state index contributed by atoms with van der Waals surface area (Å²) in [5.74, 6) is 0.208. The van der Waals surface area contributed by atoms with Crippen LogP contribution in [-0.2, 0) is 21.4 Å². The van der Waals surface area contributed by atoms with Gasteiger partial charge in [0.2, 0.25) is 15.9 Å². The molecule has 2 aliphatic rings. The van der Waals surface area contributed by atoms with E-state index in [1.54, 1.807) is 6.07 Å². The highest BCUT2D eigenvalue weighted by Crippen LogP contribution is 2.30. The molecule has 1 atom stereocenters. The molecule has 138 valence electrons. The number of amides is 1. The molecular formula is C18H27N3O3S. The van der Waals surface area contributed by atoms with Gasteiger partial charge in [-0.15, -0.1) is 0 Å². The van der Waals surface area contributed by atoms with Crippen LogP contribution < -0.4 is 14.9 Å². The van der Waals surface area contributed by atoms with E-state index in [9.17, 15) is 13.2 Å². The van der Waals surface area contributed by atoms with Crippen LogP contribution in [0.25, 0.3) is 0 Å². The highest BCUT2D eigenvalue weighted by atomic mass is 32.2. The van der Waals surface area contributed by atoms with Gasteiger partial charge in [0.25, 0.3) is 0 Å². The van der Waals surface area contributed by atoms with Crippen molar-refractivity contribution in [3.05, 3.63) is 29.8 Å². The number of benzene rings is 1. The third-order valence-electron chi connectivity index (χ3n) is 5.15. The number of nitrogens with zero attached hydrogens (tertiary/aromatic N) is 1. The number of sulfonamides is 1. The summed E-state index contributed by atoms with van der Waals surface area (Å²) in [6, 6.07) is 7.21. The van der Waals surface area contributed by atoms with Crippen LogP contribution in [0.4, 0.5) is 5.69 Å². The van der Waals surface area contributed by atoms with E-state index in [0.29, 0.717) is 25.2 Å². The molecule has 2 N–H and O–H groups in total. The number of hydrogen-bond acceptors (Lipinski definition) is 4. The van der Waals surface area contributed by atoms with E-state index in [2.05, 4.69) is 24.5 Å². The summed E-state index contributed by atoms with van der Waals surface area (Å²) >= 11 is 0. The zero-order valence-corrected chi connectivity index (χ0v) is 15.7. The largest absolute Gasteiger partial charge is 0.351 e. The second kappa shape index (κ2) is 6.96. The minimum Gasteiger partial charge on any atom is -0.351 e. The summed E-state index contributed by atoms with van der Waals surface area (Å²) in [4.78, 5) is 12.6. The summed E-state index contributed by atoms with van der Waals surface area (Å²) in [6.45, 7) is 6.02. The smallest absolute Gasteiger partial charge is 0.237 e. The van der Waals surface area contributed by atoms with Gasteiger partial charge in [0.05, 0.1) is 17.5 Å². The van der Waals surface area contributed by atoms with Gasteiger partial charge in [0, 0.05) is 13.1 Å². The number of carbonyl (C=O) groups is 1. The lowest BCUT2D eigenvalue weighted by atomic mass is 9.77. The number of anilines is 1. The van der Waals surface area contributed by atoms with Gasteiger partial charge in [-0.1, -0.05) is 26.0 Å². The summed E-state index contributed by atoms with van der Waals surface area (Å²) in [5.41, 5.74) is 1.52. The van der Waals surface area contributed by atoms with E-state index in [1.807, 2.05) is 18.2 Å². The summed E-state index contributed by atoms with van der Waals surface area (Å²) in [7, 11) is -3.18. The maximum Gasteiger partial charge on any atom is 0.237 e. The van der Waals surface area contributed by atoms with Crippen LogP contribution in [0.2, 0.25) is 0 Å². The highest BCUT2D eigenvalue weighted by molar-refractivity contribution is 7.93. The fourth-order valence-electron chi connectivity index (χ4n) is 3.70. The molecule has 1 unspecified atom stereocenters. The van der Waals surface area contributed by atoms with Gasteiger partial charge in [0.15, 0.2) is 0 Å². The number of carbonyl (C=O) groups excluding carboxylic acids is 1. The predicted octanol–water partition coefficient (Wildman–Crippen LogP) is 1.62. The van der Waals surface area contributed by atoms with E-state index >= 15 is 0 Å². The SMILES string of the molecule is CC1(C)CCCNC1C(=O)NCc1cccc(N2CCCS2(=O)=O)c1. The molecular weight excluding hydrogens is 338 g/mol. The minimum absolute atomic E-state index is 0.00361. The fourth-order valence-corrected chi connectivity index (χ4v) is 5.26. The van der Waals surface area contributed by atoms with Crippen LogP contribution >= 0.6 is 0 Å². The van der Waals surface area contributed by atoms with Gasteiger partial charge in [-0.3, -0.25) is 9.10 Å². The van der Waals surface area contributed by atoms with Gasteiger partial charge in [-0.25, -0.2) is 8.42 Å². The van der Waals surface area contributed by atoms with Crippen LogP contribution in [0.15, 0.2) is 24.3 Å². The van der Waals surface area contributed by atoms with Crippen LogP contribution in [0.5, 0.6) is 0 Å². The van der Waals surface area contributed by atoms with Crippen LogP contribution in [0.1, 0.15) is 38.7 Å². The Kier molecular flexibility index (Phi) is 5.06. The molecule has 3 rings (SSSR count). The molecule has 2 saturated heterocycles. The number of rotatable bonds is 4. The highest BCUT2D eigenvalue weighted by Gasteiger charge is 2.36. The molecule has 2 fully saturated rings. The molecule has 25 heavy (non-hydrogen) atoms. The Morgan fingerprint density at radius 2 is 2.16 bits per heavy atom. The lowest BCUT2D eigenvalue weighted by molar-refractivity contribution is -0.126. The summed E-state index contributed by atoms with van der Waals surface area (Å²) in [6.07, 6.45) is 2.77. The molecule has 1 aromatic rings. The van der Waals surface area contributed by atoms with Crippen LogP contribution in [-0.4, -0.2) is 39.2 Å².